The summed E-state index contributed by atoms with van der Waals surface area (Å²) in [6.45, 7) is 2.97. The molecule has 0 amide bonds. The molecule has 0 bridgehead atoms. The molecule has 0 atom stereocenters. The van der Waals surface area contributed by atoms with Crippen LogP contribution in [0.15, 0.2) is 78.9 Å². The van der Waals surface area contributed by atoms with Gasteiger partial charge in [0.1, 0.15) is 5.82 Å². The van der Waals surface area contributed by atoms with Gasteiger partial charge in [0.05, 0.1) is 5.52 Å². The van der Waals surface area contributed by atoms with Crippen LogP contribution in [0.25, 0.3) is 10.9 Å². The van der Waals surface area contributed by atoms with E-state index in [0.29, 0.717) is 5.95 Å². The van der Waals surface area contributed by atoms with Crippen molar-refractivity contribution in [1.29, 1.82) is 0 Å². The highest BCUT2D eigenvalue weighted by molar-refractivity contribution is 5.90. The van der Waals surface area contributed by atoms with Crippen molar-refractivity contribution in [2.24, 2.45) is 0 Å². The number of para-hydroxylation sites is 1. The monoisotopic (exact) mass is 368 g/mol. The Morgan fingerprint density at radius 1 is 0.750 bits per heavy atom. The Balaban J connectivity index is 1.55. The summed E-state index contributed by atoms with van der Waals surface area (Å²) in [6.07, 6.45) is 1.97. The van der Waals surface area contributed by atoms with Gasteiger partial charge in [0.25, 0.3) is 0 Å². The van der Waals surface area contributed by atoms with Gasteiger partial charge in [0.15, 0.2) is 0 Å². The minimum Gasteiger partial charge on any atom is -0.369 e. The molecule has 4 heteroatoms. The summed E-state index contributed by atoms with van der Waals surface area (Å²) in [5.41, 5.74) is 4.53. The number of hydrogen-bond acceptors (Lipinski definition) is 4. The zero-order valence-corrected chi connectivity index (χ0v) is 16.0. The minimum absolute atomic E-state index is 0.602. The molecule has 0 spiro atoms. The van der Waals surface area contributed by atoms with E-state index in [0.717, 1.165) is 41.8 Å². The normalized spacial score (nSPS) is 10.8. The van der Waals surface area contributed by atoms with E-state index in [1.54, 1.807) is 0 Å². The van der Waals surface area contributed by atoms with E-state index in [1.807, 2.05) is 24.3 Å². The predicted octanol–water partition coefficient (Wildman–Crippen LogP) is 5.59. The lowest BCUT2D eigenvalue weighted by molar-refractivity contribution is 1.01. The SMILES string of the molecule is CCc1ccc(Nc2nc(NCCc3ccccc3)c3ccccc3n2)cc1. The first-order chi connectivity index (χ1) is 13.8. The van der Waals surface area contributed by atoms with Crippen molar-refractivity contribution < 1.29 is 0 Å². The number of nitrogens with one attached hydrogen (secondary N) is 2. The summed E-state index contributed by atoms with van der Waals surface area (Å²) in [5, 5.41) is 7.85. The maximum Gasteiger partial charge on any atom is 0.229 e. The number of benzene rings is 3. The molecule has 4 nitrogen and oxygen atoms in total. The van der Waals surface area contributed by atoms with Crippen LogP contribution in [0.5, 0.6) is 0 Å². The van der Waals surface area contributed by atoms with Crippen LogP contribution in [0.1, 0.15) is 18.1 Å². The van der Waals surface area contributed by atoms with Gasteiger partial charge in [-0.3, -0.25) is 0 Å². The fraction of sp³-hybridized carbons (Fsp3) is 0.167. The summed E-state index contributed by atoms with van der Waals surface area (Å²) < 4.78 is 0. The first-order valence-electron chi connectivity index (χ1n) is 9.72. The van der Waals surface area contributed by atoms with Crippen molar-refractivity contribution in [3.8, 4) is 0 Å². The Bertz CT molecular complexity index is 1040. The Kier molecular flexibility index (Phi) is 5.48. The van der Waals surface area contributed by atoms with Gasteiger partial charge in [-0.2, -0.15) is 4.98 Å². The standard InChI is InChI=1S/C24H24N4/c1-2-18-12-14-20(15-13-18)26-24-27-22-11-7-6-10-21(22)23(28-24)25-17-16-19-8-4-3-5-9-19/h3-15H,2,16-17H2,1H3,(H2,25,26,27,28). The number of hydrogen-bond donors (Lipinski definition) is 2. The lowest BCUT2D eigenvalue weighted by Crippen LogP contribution is -2.09. The Labute approximate surface area is 165 Å². The van der Waals surface area contributed by atoms with Crippen molar-refractivity contribution in [3.05, 3.63) is 90.0 Å². The fourth-order valence-electron chi connectivity index (χ4n) is 3.19. The Hall–Kier alpha value is -3.40. The molecular weight excluding hydrogens is 344 g/mol. The second-order valence-electron chi connectivity index (χ2n) is 6.75. The predicted molar refractivity (Wildman–Crippen MR) is 117 cm³/mol. The second-order valence-corrected chi connectivity index (χ2v) is 6.75. The zero-order valence-electron chi connectivity index (χ0n) is 16.0. The molecule has 140 valence electrons. The molecule has 0 unspecified atom stereocenters. The van der Waals surface area contributed by atoms with Gasteiger partial charge in [0.2, 0.25) is 5.95 Å². The van der Waals surface area contributed by atoms with E-state index >= 15 is 0 Å². The van der Waals surface area contributed by atoms with Crippen LogP contribution < -0.4 is 10.6 Å². The van der Waals surface area contributed by atoms with E-state index in [1.165, 1.54) is 11.1 Å². The molecule has 28 heavy (non-hydrogen) atoms. The summed E-state index contributed by atoms with van der Waals surface area (Å²) in [7, 11) is 0. The average molecular weight is 368 g/mol. The van der Waals surface area contributed by atoms with Gasteiger partial charge < -0.3 is 10.6 Å². The number of anilines is 3. The fourth-order valence-corrected chi connectivity index (χ4v) is 3.19. The molecule has 0 saturated heterocycles. The van der Waals surface area contributed by atoms with Gasteiger partial charge >= 0.3 is 0 Å². The quantitative estimate of drug-likeness (QED) is 0.446. The third-order valence-corrected chi connectivity index (χ3v) is 4.77. The van der Waals surface area contributed by atoms with E-state index in [4.69, 9.17) is 4.98 Å². The summed E-state index contributed by atoms with van der Waals surface area (Å²) in [5.74, 6) is 1.46. The van der Waals surface area contributed by atoms with E-state index in [9.17, 15) is 0 Å². The van der Waals surface area contributed by atoms with Gasteiger partial charge in [-0.1, -0.05) is 61.5 Å². The lowest BCUT2D eigenvalue weighted by Gasteiger charge is -2.12. The molecular formula is C24H24N4. The molecule has 2 N–H and O–H groups in total. The first-order valence-corrected chi connectivity index (χ1v) is 9.72. The highest BCUT2D eigenvalue weighted by Crippen LogP contribution is 2.24. The van der Waals surface area contributed by atoms with Crippen LogP contribution in [0.3, 0.4) is 0 Å². The van der Waals surface area contributed by atoms with E-state index in [-0.39, 0.29) is 0 Å². The van der Waals surface area contributed by atoms with Crippen molar-refractivity contribution in [3.63, 3.8) is 0 Å². The molecule has 4 aromatic rings. The van der Waals surface area contributed by atoms with Crippen molar-refractivity contribution in [2.45, 2.75) is 19.8 Å². The minimum atomic E-state index is 0.602. The molecule has 3 aromatic carbocycles. The molecule has 0 aliphatic heterocycles. The van der Waals surface area contributed by atoms with Crippen LogP contribution in [-0.2, 0) is 12.8 Å². The summed E-state index contributed by atoms with van der Waals surface area (Å²) in [6, 6.07) is 27.0. The molecule has 0 aliphatic rings. The van der Waals surface area contributed by atoms with Gasteiger partial charge in [-0.15, -0.1) is 0 Å². The maximum atomic E-state index is 4.74. The maximum absolute atomic E-state index is 4.74. The van der Waals surface area contributed by atoms with E-state index < -0.39 is 0 Å². The average Bonchev–Trinajstić information content (AvgIpc) is 2.75. The third-order valence-electron chi connectivity index (χ3n) is 4.77. The lowest BCUT2D eigenvalue weighted by atomic mass is 10.1. The number of aryl methyl sites for hydroxylation is 1. The van der Waals surface area contributed by atoms with Crippen LogP contribution >= 0.6 is 0 Å². The highest BCUT2D eigenvalue weighted by atomic mass is 15.1. The zero-order chi connectivity index (χ0) is 19.2. The first kappa shape index (κ1) is 18.0. The largest absolute Gasteiger partial charge is 0.369 e. The van der Waals surface area contributed by atoms with Crippen LogP contribution in [0.2, 0.25) is 0 Å². The topological polar surface area (TPSA) is 49.8 Å². The van der Waals surface area contributed by atoms with Gasteiger partial charge in [0, 0.05) is 17.6 Å². The smallest absolute Gasteiger partial charge is 0.229 e. The number of rotatable bonds is 7. The Morgan fingerprint density at radius 2 is 1.50 bits per heavy atom. The molecule has 1 heterocycles. The van der Waals surface area contributed by atoms with Gasteiger partial charge in [-0.05, 0) is 48.2 Å². The highest BCUT2D eigenvalue weighted by Gasteiger charge is 2.08. The molecule has 1 aromatic heterocycles. The third kappa shape index (κ3) is 4.29. The summed E-state index contributed by atoms with van der Waals surface area (Å²) >= 11 is 0. The van der Waals surface area contributed by atoms with Crippen LogP contribution in [0.4, 0.5) is 17.5 Å². The number of aromatic nitrogens is 2. The van der Waals surface area contributed by atoms with Crippen molar-refractivity contribution >= 4 is 28.4 Å². The molecule has 4 rings (SSSR count). The molecule has 0 aliphatic carbocycles. The Morgan fingerprint density at radius 3 is 2.29 bits per heavy atom. The van der Waals surface area contributed by atoms with Crippen LogP contribution in [0, 0.1) is 0 Å². The van der Waals surface area contributed by atoms with Gasteiger partial charge in [-0.25, -0.2) is 4.98 Å². The number of fused-ring (bicyclic) bond motifs is 1. The summed E-state index contributed by atoms with van der Waals surface area (Å²) in [4.78, 5) is 9.41. The van der Waals surface area contributed by atoms with E-state index in [2.05, 4.69) is 77.1 Å². The number of nitrogens with zero attached hydrogens (tertiary/aromatic N) is 2. The molecule has 0 saturated carbocycles. The van der Waals surface area contributed by atoms with Crippen LogP contribution in [-0.4, -0.2) is 16.5 Å². The molecule has 0 fully saturated rings. The van der Waals surface area contributed by atoms with Crippen molar-refractivity contribution in [2.75, 3.05) is 17.2 Å². The second kappa shape index (κ2) is 8.53. The van der Waals surface area contributed by atoms with Crippen molar-refractivity contribution in [1.82, 2.24) is 9.97 Å². The molecule has 0 radical (unpaired) electrons.